The number of para-hydroxylation sites is 1. The highest BCUT2D eigenvalue weighted by Gasteiger charge is 2.40. The summed E-state index contributed by atoms with van der Waals surface area (Å²) in [6.07, 6.45) is -1.64. The predicted octanol–water partition coefficient (Wildman–Crippen LogP) is 5.59. The van der Waals surface area contributed by atoms with E-state index in [1.807, 2.05) is 24.4 Å². The lowest BCUT2D eigenvalue weighted by Gasteiger charge is -2.29. The predicted molar refractivity (Wildman–Crippen MR) is 158 cm³/mol. The molecule has 1 aliphatic rings. The minimum Gasteiger partial charge on any atom is -0.481 e. The number of carboxylic acids is 1. The summed E-state index contributed by atoms with van der Waals surface area (Å²) in [4.78, 5) is 32.2. The van der Waals surface area contributed by atoms with E-state index in [1.165, 1.54) is 22.6 Å². The average molecular weight is 659 g/mol. The Morgan fingerprint density at radius 2 is 1.93 bits per heavy atom. The molecule has 0 aliphatic carbocycles. The molecule has 0 amide bonds. The number of carbonyl (C=O) groups is 2. The normalized spacial score (nSPS) is 14.7. The lowest BCUT2D eigenvalue weighted by molar-refractivity contribution is -0.199. The van der Waals surface area contributed by atoms with E-state index >= 15 is 0 Å². The highest BCUT2D eigenvalue weighted by atomic mass is 32.2. The second-order valence-corrected chi connectivity index (χ2v) is 13.8. The van der Waals surface area contributed by atoms with Gasteiger partial charge in [0, 0.05) is 30.1 Å². The van der Waals surface area contributed by atoms with E-state index < -0.39 is 28.1 Å². The number of H-pyrrole nitrogens is 1. The van der Waals surface area contributed by atoms with Crippen LogP contribution in [0.2, 0.25) is 0 Å². The van der Waals surface area contributed by atoms with Crippen LogP contribution in [0, 0.1) is 5.92 Å². The monoisotopic (exact) mass is 658 g/mol. The number of aromatic amines is 1. The van der Waals surface area contributed by atoms with E-state index in [1.54, 1.807) is 42.0 Å². The van der Waals surface area contributed by atoms with Crippen molar-refractivity contribution in [3.63, 3.8) is 0 Å². The number of aromatic nitrogens is 2. The fraction of sp³-hybridized carbons (Fsp3) is 0.370. The smallest absolute Gasteiger partial charge is 0.481 e. The van der Waals surface area contributed by atoms with Gasteiger partial charge in [0.05, 0.1) is 29.4 Å². The van der Waals surface area contributed by atoms with Gasteiger partial charge in [0.2, 0.25) is 0 Å². The second kappa shape index (κ2) is 13.4. The Kier molecular flexibility index (Phi) is 10.1. The molecule has 1 aliphatic heterocycles. The molecule has 0 unspecified atom stereocenters. The number of hydrogen-bond acceptors (Lipinski definition) is 9. The molecule has 1 aromatic carbocycles. The summed E-state index contributed by atoms with van der Waals surface area (Å²) in [6, 6.07) is 10.9. The summed E-state index contributed by atoms with van der Waals surface area (Å²) >= 11 is 2.79. The number of nitrogens with one attached hydrogen (secondary N) is 1. The summed E-state index contributed by atoms with van der Waals surface area (Å²) in [7, 11) is -2.07. The van der Waals surface area contributed by atoms with E-state index in [4.69, 9.17) is 0 Å². The fourth-order valence-corrected chi connectivity index (χ4v) is 7.76. The zero-order valence-corrected chi connectivity index (χ0v) is 25.6. The first-order valence-electron chi connectivity index (χ1n) is 13.1. The van der Waals surface area contributed by atoms with Crippen LogP contribution in [0.1, 0.15) is 24.6 Å². The number of nitrogens with zero attached hydrogens (tertiary/aromatic N) is 3. The molecular formula is C27H29F3N4O6S3. The number of sulfonamides is 1. The Morgan fingerprint density at radius 1 is 1.21 bits per heavy atom. The van der Waals surface area contributed by atoms with E-state index in [-0.39, 0.29) is 12.5 Å². The number of thiophene rings is 1. The van der Waals surface area contributed by atoms with Crippen LogP contribution in [0.3, 0.4) is 0 Å². The summed E-state index contributed by atoms with van der Waals surface area (Å²) < 4.78 is 64.8. The molecule has 0 atom stereocenters. The number of aliphatic carboxylic acids is 1. The van der Waals surface area contributed by atoms with E-state index in [9.17, 15) is 36.3 Å². The number of carbonyl (C=O) groups excluding carboxylic acids is 1. The Bertz CT molecular complexity index is 1660. The van der Waals surface area contributed by atoms with Crippen LogP contribution in [0.5, 0.6) is 0 Å². The van der Waals surface area contributed by atoms with Gasteiger partial charge >= 0.3 is 18.1 Å². The quantitative estimate of drug-likeness (QED) is 0.234. The molecule has 0 saturated carbocycles. The lowest BCUT2D eigenvalue weighted by atomic mass is 9.97. The van der Waals surface area contributed by atoms with E-state index in [0.717, 1.165) is 46.1 Å². The highest BCUT2D eigenvalue weighted by Crippen LogP contribution is 2.35. The first-order valence-corrected chi connectivity index (χ1v) is 16.2. The van der Waals surface area contributed by atoms with Crippen LogP contribution < -0.4 is 4.31 Å². The van der Waals surface area contributed by atoms with Gasteiger partial charge in [-0.05, 0) is 56.4 Å². The largest absolute Gasteiger partial charge is 0.490 e. The van der Waals surface area contributed by atoms with Gasteiger partial charge in [-0.15, -0.1) is 22.7 Å². The highest BCUT2D eigenvalue weighted by molar-refractivity contribution is 7.94. The van der Waals surface area contributed by atoms with Gasteiger partial charge in [-0.1, -0.05) is 18.2 Å². The van der Waals surface area contributed by atoms with Crippen LogP contribution in [0.15, 0.2) is 52.2 Å². The van der Waals surface area contributed by atoms with Crippen molar-refractivity contribution in [1.82, 2.24) is 14.9 Å². The summed E-state index contributed by atoms with van der Waals surface area (Å²) in [6.45, 7) is 3.34. The first kappa shape index (κ1) is 32.4. The third-order valence-electron chi connectivity index (χ3n) is 6.69. The first-order chi connectivity index (χ1) is 20.3. The topological polar surface area (TPSA) is 133 Å². The van der Waals surface area contributed by atoms with Crippen LogP contribution in [-0.2, 0) is 30.9 Å². The third kappa shape index (κ3) is 7.74. The molecule has 232 valence electrons. The van der Waals surface area contributed by atoms with Crippen molar-refractivity contribution in [2.45, 2.75) is 36.7 Å². The number of halogens is 3. The number of carboxylic acid groups (broad SMARTS) is 1. The van der Waals surface area contributed by atoms with Gasteiger partial charge in [0.25, 0.3) is 10.0 Å². The molecule has 0 spiro atoms. The number of alkyl halides is 3. The molecule has 0 bridgehead atoms. The Labute approximate surface area is 253 Å². The standard InChI is InChI=1S/C23H24N4O4S3.C4H5F3O2/c1-26(34(30,31)20-6-3-11-32-20)19-5-2-4-16-12-18(25-21(16)19)22-24-13-17(33-22)14-27-9-7-15(8-10-27)23(28)29;1-2-9-3(8)4(5,6)7/h2-6,11-13,15,25H,7-10,14H2,1H3,(H,28,29);2H2,1H3. The molecule has 1 saturated heterocycles. The molecule has 0 radical (unpaired) electrons. The number of thiazole rings is 1. The van der Waals surface area contributed by atoms with Crippen molar-refractivity contribution in [3.8, 4) is 10.7 Å². The molecule has 1 fully saturated rings. The SMILES string of the molecule is CCOC(=O)C(F)(F)F.CN(c1cccc2cc(-c3ncc(CN4CCC(C(=O)O)CC4)s3)[nH]c12)S(=O)(=O)c1cccs1. The summed E-state index contributed by atoms with van der Waals surface area (Å²) in [5.74, 6) is -3.08. The van der Waals surface area contributed by atoms with Crippen molar-refractivity contribution in [3.05, 3.63) is 52.9 Å². The van der Waals surface area contributed by atoms with E-state index in [2.05, 4.69) is 19.6 Å². The van der Waals surface area contributed by atoms with Gasteiger partial charge in [0.1, 0.15) is 9.22 Å². The maximum atomic E-state index is 13.0. The van der Waals surface area contributed by atoms with Crippen molar-refractivity contribution >= 4 is 61.2 Å². The molecule has 5 rings (SSSR count). The maximum absolute atomic E-state index is 13.0. The van der Waals surface area contributed by atoms with Gasteiger partial charge in [-0.2, -0.15) is 13.2 Å². The van der Waals surface area contributed by atoms with Crippen molar-refractivity contribution in [2.24, 2.45) is 5.92 Å². The number of anilines is 1. The fourth-order valence-electron chi connectivity index (χ4n) is 4.47. The zero-order chi connectivity index (χ0) is 31.4. The van der Waals surface area contributed by atoms with Crippen molar-refractivity contribution in [1.29, 1.82) is 0 Å². The van der Waals surface area contributed by atoms with Gasteiger partial charge < -0.3 is 14.8 Å². The van der Waals surface area contributed by atoms with Crippen LogP contribution in [-0.4, -0.2) is 73.3 Å². The van der Waals surface area contributed by atoms with Crippen molar-refractivity contribution < 1.29 is 41.0 Å². The molecular weight excluding hydrogens is 630 g/mol. The lowest BCUT2D eigenvalue weighted by Crippen LogP contribution is -2.35. The number of benzene rings is 1. The summed E-state index contributed by atoms with van der Waals surface area (Å²) in [5, 5.41) is 12.7. The van der Waals surface area contributed by atoms with Gasteiger partial charge in [-0.25, -0.2) is 18.2 Å². The Morgan fingerprint density at radius 3 is 2.51 bits per heavy atom. The number of likely N-dealkylation sites (tertiary alicyclic amines) is 1. The number of hydrogen-bond donors (Lipinski definition) is 2. The molecule has 43 heavy (non-hydrogen) atoms. The van der Waals surface area contributed by atoms with Crippen molar-refractivity contribution in [2.75, 3.05) is 31.0 Å². The molecule has 4 heterocycles. The Hall–Kier alpha value is -3.47. The number of ether oxygens (including phenoxy) is 1. The minimum atomic E-state index is -4.85. The Balaban J connectivity index is 0.000000410. The van der Waals surface area contributed by atoms with Crippen LogP contribution >= 0.6 is 22.7 Å². The van der Waals surface area contributed by atoms with Gasteiger partial charge in [-0.3, -0.25) is 14.0 Å². The molecule has 2 N–H and O–H groups in total. The maximum Gasteiger partial charge on any atom is 0.490 e. The molecule has 16 heteroatoms. The number of fused-ring (bicyclic) bond motifs is 1. The second-order valence-electron chi connectivity index (χ2n) is 9.57. The molecule has 10 nitrogen and oxygen atoms in total. The third-order valence-corrected chi connectivity index (χ3v) is 10.9. The average Bonchev–Trinajstić information content (AvgIpc) is 3.74. The molecule has 4 aromatic rings. The van der Waals surface area contributed by atoms with Crippen LogP contribution in [0.25, 0.3) is 21.6 Å². The zero-order valence-electron chi connectivity index (χ0n) is 23.1. The molecule has 3 aromatic heterocycles. The number of piperidine rings is 1. The van der Waals surface area contributed by atoms with E-state index in [0.29, 0.717) is 22.7 Å². The summed E-state index contributed by atoms with van der Waals surface area (Å²) in [5.41, 5.74) is 2.16. The number of esters is 1. The number of rotatable bonds is 8. The minimum absolute atomic E-state index is 0.240. The van der Waals surface area contributed by atoms with Gasteiger partial charge in [0.15, 0.2) is 0 Å². The van der Waals surface area contributed by atoms with Crippen LogP contribution in [0.4, 0.5) is 18.9 Å².